The highest BCUT2D eigenvalue weighted by molar-refractivity contribution is 5.93. The summed E-state index contributed by atoms with van der Waals surface area (Å²) in [5, 5.41) is 0.797. The summed E-state index contributed by atoms with van der Waals surface area (Å²) in [6.07, 6.45) is 0.535. The maximum atomic E-state index is 5.84. The van der Waals surface area contributed by atoms with E-state index in [0.29, 0.717) is 32.1 Å². The number of nitrogens with one attached hydrogen (secondary N) is 1. The van der Waals surface area contributed by atoms with E-state index in [1.165, 1.54) is 0 Å². The first kappa shape index (κ1) is 17.5. The van der Waals surface area contributed by atoms with Gasteiger partial charge in [-0.3, -0.25) is 0 Å². The van der Waals surface area contributed by atoms with Gasteiger partial charge in [-0.1, -0.05) is 18.2 Å². The van der Waals surface area contributed by atoms with Crippen LogP contribution in [0.25, 0.3) is 22.0 Å². The molecular weight excluding hydrogens is 346 g/mol. The molecule has 3 aromatic rings. The lowest BCUT2D eigenvalue weighted by molar-refractivity contribution is -0.0531. The van der Waals surface area contributed by atoms with Gasteiger partial charge in [0.1, 0.15) is 5.75 Å². The molecule has 1 saturated heterocycles. The lowest BCUT2D eigenvalue weighted by Crippen LogP contribution is -2.12. The average Bonchev–Trinajstić information content (AvgIpc) is 3.20. The van der Waals surface area contributed by atoms with Gasteiger partial charge >= 0.3 is 0 Å². The lowest BCUT2D eigenvalue weighted by Gasteiger charge is -2.12. The van der Waals surface area contributed by atoms with Gasteiger partial charge in [-0.25, -0.2) is 10.8 Å². The number of hydrogen-bond donors (Lipinski definition) is 3. The second kappa shape index (κ2) is 7.75. The Morgan fingerprint density at radius 1 is 1.07 bits per heavy atom. The Kier molecular flexibility index (Phi) is 5.01. The molecule has 1 aliphatic rings. The number of nitrogens with two attached hydrogens (primary N) is 2. The first-order chi connectivity index (χ1) is 13.2. The number of hydrogen-bond acceptors (Lipinski definition) is 8. The minimum absolute atomic E-state index is 0.164. The molecule has 4 rings (SSSR count). The molecule has 1 fully saturated rings. The van der Waals surface area contributed by atoms with Crippen LogP contribution >= 0.6 is 0 Å². The van der Waals surface area contributed by atoms with Crippen molar-refractivity contribution in [3.63, 3.8) is 0 Å². The van der Waals surface area contributed by atoms with E-state index in [4.69, 9.17) is 25.8 Å². The Hall–Kier alpha value is -2.94. The van der Waals surface area contributed by atoms with Crippen molar-refractivity contribution in [3.8, 4) is 16.9 Å². The lowest BCUT2D eigenvalue weighted by atomic mass is 10.0. The molecule has 0 spiro atoms. The van der Waals surface area contributed by atoms with Crippen molar-refractivity contribution in [1.82, 2.24) is 9.97 Å². The van der Waals surface area contributed by atoms with E-state index in [1.807, 2.05) is 42.5 Å². The van der Waals surface area contributed by atoms with E-state index >= 15 is 0 Å². The van der Waals surface area contributed by atoms with E-state index in [2.05, 4.69) is 15.4 Å². The van der Waals surface area contributed by atoms with Gasteiger partial charge < -0.3 is 25.4 Å². The zero-order chi connectivity index (χ0) is 18.6. The summed E-state index contributed by atoms with van der Waals surface area (Å²) in [6.45, 7) is 1.83. The number of nitrogen functional groups attached to an aromatic ring is 2. The third-order valence-electron chi connectivity index (χ3n) is 4.33. The van der Waals surface area contributed by atoms with Gasteiger partial charge in [0.15, 0.2) is 12.1 Å². The summed E-state index contributed by atoms with van der Waals surface area (Å²) in [4.78, 5) is 8.37. The Balaban J connectivity index is 1.54. The van der Waals surface area contributed by atoms with E-state index in [0.717, 1.165) is 27.8 Å². The van der Waals surface area contributed by atoms with E-state index in [9.17, 15) is 0 Å². The molecule has 1 aromatic heterocycles. The molecule has 8 heteroatoms. The van der Waals surface area contributed by atoms with Crippen molar-refractivity contribution in [2.24, 2.45) is 5.84 Å². The monoisotopic (exact) mass is 367 g/mol. The van der Waals surface area contributed by atoms with Crippen molar-refractivity contribution in [2.75, 3.05) is 31.0 Å². The molecule has 2 aromatic carbocycles. The van der Waals surface area contributed by atoms with Gasteiger partial charge in [0.25, 0.3) is 0 Å². The van der Waals surface area contributed by atoms with Gasteiger partial charge in [-0.15, -0.1) is 0 Å². The fraction of sp³-hybridized carbons (Fsp3) is 0.263. The molecule has 0 radical (unpaired) electrons. The molecule has 8 nitrogen and oxygen atoms in total. The third-order valence-corrected chi connectivity index (χ3v) is 4.33. The van der Waals surface area contributed by atoms with Crippen LogP contribution in [0.5, 0.6) is 5.75 Å². The zero-order valence-electron chi connectivity index (χ0n) is 14.7. The smallest absolute Gasteiger partial charge is 0.222 e. The standard InChI is InChI=1S/C19H21N5O3/c20-19-22-16-5-4-13(11-15(16)18(23-19)24-21)12-2-1-3-14(10-12)25-7-6-17-26-8-9-27-17/h1-5,10-11,17H,6-9,21H2,(H3,20,22,23,24). The maximum Gasteiger partial charge on any atom is 0.222 e. The summed E-state index contributed by atoms with van der Waals surface area (Å²) in [5.74, 6) is 7.02. The van der Waals surface area contributed by atoms with Crippen LogP contribution in [-0.2, 0) is 9.47 Å². The highest BCUT2D eigenvalue weighted by Gasteiger charge is 2.15. The van der Waals surface area contributed by atoms with Gasteiger partial charge in [0, 0.05) is 11.8 Å². The van der Waals surface area contributed by atoms with Crippen LogP contribution in [0.3, 0.4) is 0 Å². The van der Waals surface area contributed by atoms with Crippen molar-refractivity contribution in [3.05, 3.63) is 42.5 Å². The summed E-state index contributed by atoms with van der Waals surface area (Å²) in [7, 11) is 0. The van der Waals surface area contributed by atoms with Gasteiger partial charge in [-0.2, -0.15) is 4.98 Å². The number of hydrazine groups is 1. The molecule has 0 aliphatic carbocycles. The first-order valence-corrected chi connectivity index (χ1v) is 8.73. The van der Waals surface area contributed by atoms with Crippen LogP contribution < -0.4 is 21.7 Å². The highest BCUT2D eigenvalue weighted by Crippen LogP contribution is 2.29. The second-order valence-corrected chi connectivity index (χ2v) is 6.14. The Labute approximate surface area is 156 Å². The summed E-state index contributed by atoms with van der Waals surface area (Å²) >= 11 is 0. The van der Waals surface area contributed by atoms with Crippen LogP contribution in [0.4, 0.5) is 11.8 Å². The number of fused-ring (bicyclic) bond motifs is 1. The summed E-state index contributed by atoms with van der Waals surface area (Å²) in [5.41, 5.74) is 11.0. The van der Waals surface area contributed by atoms with Crippen molar-refractivity contribution in [1.29, 1.82) is 0 Å². The maximum absolute atomic E-state index is 5.84. The number of benzene rings is 2. The topological polar surface area (TPSA) is 118 Å². The number of ether oxygens (including phenoxy) is 3. The Morgan fingerprint density at radius 2 is 1.89 bits per heavy atom. The molecular formula is C19H21N5O3. The zero-order valence-corrected chi connectivity index (χ0v) is 14.7. The predicted octanol–water partition coefficient (Wildman–Crippen LogP) is 2.31. The molecule has 140 valence electrons. The fourth-order valence-corrected chi connectivity index (χ4v) is 3.05. The second-order valence-electron chi connectivity index (χ2n) is 6.14. The van der Waals surface area contributed by atoms with Gasteiger partial charge in [0.2, 0.25) is 5.95 Å². The molecule has 2 heterocycles. The normalized spacial score (nSPS) is 14.6. The predicted molar refractivity (Wildman–Crippen MR) is 103 cm³/mol. The van der Waals surface area contributed by atoms with Gasteiger partial charge in [0.05, 0.1) is 25.3 Å². The van der Waals surface area contributed by atoms with E-state index < -0.39 is 0 Å². The van der Waals surface area contributed by atoms with Crippen LogP contribution in [0.2, 0.25) is 0 Å². The molecule has 27 heavy (non-hydrogen) atoms. The van der Waals surface area contributed by atoms with Crippen LogP contribution in [0, 0.1) is 0 Å². The first-order valence-electron chi connectivity index (χ1n) is 8.73. The number of rotatable bonds is 6. The molecule has 0 amide bonds. The van der Waals surface area contributed by atoms with Crippen LogP contribution in [0.1, 0.15) is 6.42 Å². The number of anilines is 2. The summed E-state index contributed by atoms with van der Waals surface area (Å²) in [6, 6.07) is 13.7. The minimum atomic E-state index is -0.164. The van der Waals surface area contributed by atoms with Crippen molar-refractivity contribution < 1.29 is 14.2 Å². The minimum Gasteiger partial charge on any atom is -0.493 e. The van der Waals surface area contributed by atoms with Crippen molar-refractivity contribution in [2.45, 2.75) is 12.7 Å². The number of nitrogens with zero attached hydrogens (tertiary/aromatic N) is 2. The van der Waals surface area contributed by atoms with Crippen LogP contribution in [0.15, 0.2) is 42.5 Å². The molecule has 0 bridgehead atoms. The quantitative estimate of drug-likeness (QED) is 0.449. The molecule has 0 atom stereocenters. The third kappa shape index (κ3) is 3.92. The number of aromatic nitrogens is 2. The van der Waals surface area contributed by atoms with Crippen molar-refractivity contribution >= 4 is 22.7 Å². The Morgan fingerprint density at radius 3 is 2.70 bits per heavy atom. The van der Waals surface area contributed by atoms with Crippen LogP contribution in [-0.4, -0.2) is 36.1 Å². The molecule has 5 N–H and O–H groups in total. The molecule has 1 aliphatic heterocycles. The van der Waals surface area contributed by atoms with E-state index in [1.54, 1.807) is 0 Å². The Bertz CT molecular complexity index is 944. The average molecular weight is 367 g/mol. The molecule has 0 saturated carbocycles. The van der Waals surface area contributed by atoms with E-state index in [-0.39, 0.29) is 12.2 Å². The largest absolute Gasteiger partial charge is 0.493 e. The summed E-state index contributed by atoms with van der Waals surface area (Å²) < 4.78 is 16.7. The fourth-order valence-electron chi connectivity index (χ4n) is 3.05. The highest BCUT2D eigenvalue weighted by atomic mass is 16.7. The van der Waals surface area contributed by atoms with Gasteiger partial charge in [-0.05, 0) is 35.4 Å². The SMILES string of the molecule is NNc1nc(N)nc2ccc(-c3cccc(OCCC4OCCO4)c3)cc12. The molecule has 0 unspecified atom stereocenters.